The van der Waals surface area contributed by atoms with Crippen LogP contribution in [0.4, 0.5) is 0 Å². The van der Waals surface area contributed by atoms with Gasteiger partial charge < -0.3 is 14.3 Å². The van der Waals surface area contributed by atoms with Crippen LogP contribution in [-0.2, 0) is 4.84 Å². The molecule has 0 spiro atoms. The van der Waals surface area contributed by atoms with E-state index in [1.165, 1.54) is 0 Å². The molecule has 3 aromatic rings. The van der Waals surface area contributed by atoms with Crippen molar-refractivity contribution >= 4 is 5.71 Å². The van der Waals surface area contributed by atoms with Gasteiger partial charge in [-0.05, 0) is 30.2 Å². The highest BCUT2D eigenvalue weighted by molar-refractivity contribution is 6.00. The summed E-state index contributed by atoms with van der Waals surface area (Å²) in [5.41, 5.74) is 3.94. The third-order valence-corrected chi connectivity index (χ3v) is 4.11. The zero-order chi connectivity index (χ0) is 19.6. The number of oxime groups is 1. The normalized spacial score (nSPS) is 11.1. The van der Waals surface area contributed by atoms with E-state index in [0.29, 0.717) is 24.7 Å². The highest BCUT2D eigenvalue weighted by Gasteiger charge is 2.05. The van der Waals surface area contributed by atoms with Crippen LogP contribution >= 0.6 is 0 Å². The van der Waals surface area contributed by atoms with Gasteiger partial charge in [0.1, 0.15) is 6.61 Å². The summed E-state index contributed by atoms with van der Waals surface area (Å²) >= 11 is 0. The van der Waals surface area contributed by atoms with Crippen LogP contribution < -0.4 is 9.47 Å². The molecular formula is C23H23N2O3. The monoisotopic (exact) mass is 375 g/mol. The van der Waals surface area contributed by atoms with Crippen molar-refractivity contribution in [3.63, 3.8) is 0 Å². The van der Waals surface area contributed by atoms with Crippen LogP contribution in [-0.4, -0.2) is 31.0 Å². The van der Waals surface area contributed by atoms with E-state index in [1.54, 1.807) is 19.4 Å². The summed E-state index contributed by atoms with van der Waals surface area (Å²) in [7, 11) is 1.59. The molecule has 0 aliphatic heterocycles. The van der Waals surface area contributed by atoms with Crippen LogP contribution in [0.3, 0.4) is 0 Å². The first-order chi connectivity index (χ1) is 13.8. The topological polar surface area (TPSA) is 52.9 Å². The van der Waals surface area contributed by atoms with Gasteiger partial charge in [0, 0.05) is 17.8 Å². The second kappa shape index (κ2) is 10.1. The van der Waals surface area contributed by atoms with Crippen molar-refractivity contribution in [1.82, 2.24) is 4.98 Å². The molecular weight excluding hydrogens is 352 g/mol. The van der Waals surface area contributed by atoms with Crippen LogP contribution in [0.1, 0.15) is 18.9 Å². The lowest BCUT2D eigenvalue weighted by atomic mass is 10.0. The van der Waals surface area contributed by atoms with E-state index in [2.05, 4.69) is 23.1 Å². The summed E-state index contributed by atoms with van der Waals surface area (Å²) in [6.45, 7) is 2.76. The molecule has 0 atom stereocenters. The molecule has 0 fully saturated rings. The molecule has 0 saturated carbocycles. The third-order valence-electron chi connectivity index (χ3n) is 4.11. The van der Waals surface area contributed by atoms with Crippen LogP contribution in [0.15, 0.2) is 72.0 Å². The number of hydrogen-bond acceptors (Lipinski definition) is 5. The molecule has 5 heteroatoms. The number of nitrogens with zero attached hydrogens (tertiary/aromatic N) is 2. The fourth-order valence-corrected chi connectivity index (χ4v) is 2.68. The summed E-state index contributed by atoms with van der Waals surface area (Å²) in [4.78, 5) is 9.82. The van der Waals surface area contributed by atoms with Gasteiger partial charge in [-0.3, -0.25) is 4.98 Å². The van der Waals surface area contributed by atoms with E-state index in [-0.39, 0.29) is 0 Å². The minimum Gasteiger partial charge on any atom is -0.492 e. The van der Waals surface area contributed by atoms with Gasteiger partial charge in [-0.2, -0.15) is 0 Å². The first-order valence-electron chi connectivity index (χ1n) is 9.20. The highest BCUT2D eigenvalue weighted by Crippen LogP contribution is 2.25. The predicted octanol–water partition coefficient (Wildman–Crippen LogP) is 4.77. The third kappa shape index (κ3) is 5.10. The Bertz CT molecular complexity index is 893. The SMILES string of the molecule is CC/C(=N\OCCOc1ccc[c]c1OC)c1ccc(-c2ccccn2)cc1. The average molecular weight is 375 g/mol. The highest BCUT2D eigenvalue weighted by atomic mass is 16.6. The second-order valence-corrected chi connectivity index (χ2v) is 5.93. The predicted molar refractivity (Wildman–Crippen MR) is 110 cm³/mol. The summed E-state index contributed by atoms with van der Waals surface area (Å²) in [5, 5.41) is 4.27. The van der Waals surface area contributed by atoms with Crippen LogP contribution in [0.25, 0.3) is 11.3 Å². The fourth-order valence-electron chi connectivity index (χ4n) is 2.68. The molecule has 143 valence electrons. The van der Waals surface area contributed by atoms with Gasteiger partial charge in [-0.25, -0.2) is 0 Å². The summed E-state index contributed by atoms with van der Waals surface area (Å²) in [5.74, 6) is 1.21. The van der Waals surface area contributed by atoms with Crippen molar-refractivity contribution in [2.75, 3.05) is 20.3 Å². The Hall–Kier alpha value is -3.34. The smallest absolute Gasteiger partial charge is 0.168 e. The van der Waals surface area contributed by atoms with Crippen molar-refractivity contribution < 1.29 is 14.3 Å². The van der Waals surface area contributed by atoms with Gasteiger partial charge in [0.25, 0.3) is 0 Å². The number of hydrogen-bond donors (Lipinski definition) is 0. The van der Waals surface area contributed by atoms with E-state index in [0.717, 1.165) is 29.0 Å². The Morgan fingerprint density at radius 3 is 2.61 bits per heavy atom. The maximum absolute atomic E-state index is 5.66. The van der Waals surface area contributed by atoms with Crippen molar-refractivity contribution in [3.8, 4) is 22.8 Å². The van der Waals surface area contributed by atoms with E-state index in [1.807, 2.05) is 54.6 Å². The van der Waals surface area contributed by atoms with Gasteiger partial charge in [0.2, 0.25) is 0 Å². The molecule has 0 aliphatic rings. The molecule has 0 unspecified atom stereocenters. The van der Waals surface area contributed by atoms with Crippen molar-refractivity contribution in [2.45, 2.75) is 13.3 Å². The Labute approximate surface area is 165 Å². The van der Waals surface area contributed by atoms with Gasteiger partial charge in [0.15, 0.2) is 18.1 Å². The molecule has 1 radical (unpaired) electrons. The zero-order valence-electron chi connectivity index (χ0n) is 16.1. The molecule has 0 N–H and O–H groups in total. The number of methoxy groups -OCH3 is 1. The number of rotatable bonds is 9. The van der Waals surface area contributed by atoms with Crippen molar-refractivity contribution in [3.05, 3.63) is 78.5 Å². The van der Waals surface area contributed by atoms with Gasteiger partial charge in [0.05, 0.1) is 18.5 Å². The van der Waals surface area contributed by atoms with Gasteiger partial charge in [-0.15, -0.1) is 0 Å². The first-order valence-corrected chi connectivity index (χ1v) is 9.20. The van der Waals surface area contributed by atoms with E-state index >= 15 is 0 Å². The molecule has 28 heavy (non-hydrogen) atoms. The van der Waals surface area contributed by atoms with Gasteiger partial charge >= 0.3 is 0 Å². The lowest BCUT2D eigenvalue weighted by Gasteiger charge is -2.10. The molecule has 0 aliphatic carbocycles. The average Bonchev–Trinajstić information content (AvgIpc) is 2.77. The number of ether oxygens (including phenoxy) is 2. The number of aromatic nitrogens is 1. The molecule has 1 heterocycles. The minimum atomic E-state index is 0.341. The second-order valence-electron chi connectivity index (χ2n) is 5.93. The molecule has 3 rings (SSSR count). The Balaban J connectivity index is 1.55. The van der Waals surface area contributed by atoms with Crippen molar-refractivity contribution in [2.24, 2.45) is 5.16 Å². The molecule has 0 saturated heterocycles. The fraction of sp³-hybridized carbons (Fsp3) is 0.217. The lowest BCUT2D eigenvalue weighted by molar-refractivity contribution is 0.105. The summed E-state index contributed by atoms with van der Waals surface area (Å²) < 4.78 is 10.9. The van der Waals surface area contributed by atoms with Crippen LogP contribution in [0.2, 0.25) is 0 Å². The summed E-state index contributed by atoms with van der Waals surface area (Å²) in [6.07, 6.45) is 2.56. The number of benzene rings is 2. The largest absolute Gasteiger partial charge is 0.492 e. The number of pyridine rings is 1. The van der Waals surface area contributed by atoms with E-state index in [4.69, 9.17) is 14.3 Å². The van der Waals surface area contributed by atoms with Crippen LogP contribution in [0, 0.1) is 6.07 Å². The molecule has 5 nitrogen and oxygen atoms in total. The maximum atomic E-state index is 5.66. The molecule has 2 aromatic carbocycles. The van der Waals surface area contributed by atoms with E-state index < -0.39 is 0 Å². The molecule has 1 aromatic heterocycles. The van der Waals surface area contributed by atoms with Crippen molar-refractivity contribution in [1.29, 1.82) is 0 Å². The zero-order valence-corrected chi connectivity index (χ0v) is 16.1. The van der Waals surface area contributed by atoms with Crippen LogP contribution in [0.5, 0.6) is 11.5 Å². The standard InChI is InChI=1S/C23H23N2O3/c1-3-20(18-11-13-19(14-12-18)21-8-6-7-15-24-21)25-28-17-16-27-23-10-5-4-9-22(23)26-2/h4-8,10-15H,3,16-17H2,1-2H3/b25-20+. The van der Waals surface area contributed by atoms with E-state index in [9.17, 15) is 0 Å². The Morgan fingerprint density at radius 1 is 1.04 bits per heavy atom. The lowest BCUT2D eigenvalue weighted by Crippen LogP contribution is -2.07. The quantitative estimate of drug-likeness (QED) is 0.307. The molecule has 0 amide bonds. The summed E-state index contributed by atoms with van der Waals surface area (Å²) in [6, 6.07) is 22.5. The molecule has 0 bridgehead atoms. The Morgan fingerprint density at radius 2 is 1.89 bits per heavy atom. The minimum absolute atomic E-state index is 0.341. The maximum Gasteiger partial charge on any atom is 0.168 e. The Kier molecular flexibility index (Phi) is 7.01. The first kappa shape index (κ1) is 19.4. The van der Waals surface area contributed by atoms with Gasteiger partial charge in [-0.1, -0.05) is 54.5 Å². The number of para-hydroxylation sites is 1.